The Bertz CT molecular complexity index is 720. The lowest BCUT2D eigenvalue weighted by Gasteiger charge is -2.19. The van der Waals surface area contributed by atoms with Gasteiger partial charge in [-0.25, -0.2) is 4.98 Å². The van der Waals surface area contributed by atoms with E-state index in [1.165, 1.54) is 12.0 Å². The first kappa shape index (κ1) is 12.5. The van der Waals surface area contributed by atoms with Crippen LogP contribution in [0.2, 0.25) is 0 Å². The van der Waals surface area contributed by atoms with Gasteiger partial charge in [-0.05, 0) is 29.8 Å². The molecule has 0 aliphatic heterocycles. The number of hydrogen-bond acceptors (Lipinski definition) is 4. The molecule has 4 nitrogen and oxygen atoms in total. The lowest BCUT2D eigenvalue weighted by molar-refractivity contribution is 0.602. The van der Waals surface area contributed by atoms with E-state index in [0.717, 1.165) is 29.0 Å². The maximum atomic E-state index is 5.35. The molecule has 0 spiro atoms. The van der Waals surface area contributed by atoms with Crippen molar-refractivity contribution in [3.05, 3.63) is 54.4 Å². The molecule has 0 atom stereocenters. The van der Waals surface area contributed by atoms with Gasteiger partial charge in [0.25, 0.3) is 0 Å². The standard InChI is InChI=1S/C16H17N3O/c1-17-13-5-3-4-12(8-13)10-19(2)14-6-7-15-16(9-14)20-11-18-15/h3-9,11,17H,10H2,1-2H3. The Morgan fingerprint density at radius 3 is 2.95 bits per heavy atom. The predicted molar refractivity (Wildman–Crippen MR) is 82.1 cm³/mol. The van der Waals surface area contributed by atoms with E-state index in [9.17, 15) is 0 Å². The number of benzene rings is 2. The number of fused-ring (bicyclic) bond motifs is 1. The molecule has 0 saturated carbocycles. The van der Waals surface area contributed by atoms with Gasteiger partial charge >= 0.3 is 0 Å². The topological polar surface area (TPSA) is 41.3 Å². The Morgan fingerprint density at radius 1 is 1.20 bits per heavy atom. The molecule has 0 unspecified atom stereocenters. The molecule has 0 amide bonds. The highest BCUT2D eigenvalue weighted by Gasteiger charge is 2.06. The van der Waals surface area contributed by atoms with E-state index >= 15 is 0 Å². The summed E-state index contributed by atoms with van der Waals surface area (Å²) in [4.78, 5) is 6.32. The van der Waals surface area contributed by atoms with E-state index < -0.39 is 0 Å². The van der Waals surface area contributed by atoms with Crippen LogP contribution in [0.1, 0.15) is 5.56 Å². The van der Waals surface area contributed by atoms with Crippen molar-refractivity contribution in [1.29, 1.82) is 0 Å². The third-order valence-corrected chi connectivity index (χ3v) is 3.39. The molecule has 0 radical (unpaired) electrons. The second-order valence-corrected chi connectivity index (χ2v) is 4.81. The number of hydrogen-bond donors (Lipinski definition) is 1. The third-order valence-electron chi connectivity index (χ3n) is 3.39. The molecule has 1 heterocycles. The molecule has 4 heteroatoms. The molecule has 1 N–H and O–H groups in total. The summed E-state index contributed by atoms with van der Waals surface area (Å²) in [5.74, 6) is 0. The molecule has 2 aromatic carbocycles. The van der Waals surface area contributed by atoms with Crippen LogP contribution >= 0.6 is 0 Å². The number of nitrogens with one attached hydrogen (secondary N) is 1. The molecule has 3 aromatic rings. The second-order valence-electron chi connectivity index (χ2n) is 4.81. The highest BCUT2D eigenvalue weighted by Crippen LogP contribution is 2.22. The number of anilines is 2. The van der Waals surface area contributed by atoms with Crippen LogP contribution in [0.5, 0.6) is 0 Å². The molecule has 0 bridgehead atoms. The molecule has 102 valence electrons. The first-order valence-electron chi connectivity index (χ1n) is 6.57. The highest BCUT2D eigenvalue weighted by molar-refractivity contribution is 5.77. The first-order chi connectivity index (χ1) is 9.76. The van der Waals surface area contributed by atoms with Gasteiger partial charge in [0.15, 0.2) is 12.0 Å². The average molecular weight is 267 g/mol. The van der Waals surface area contributed by atoms with Gasteiger partial charge in [-0.1, -0.05) is 12.1 Å². The summed E-state index contributed by atoms with van der Waals surface area (Å²) >= 11 is 0. The van der Waals surface area contributed by atoms with E-state index in [1.807, 2.05) is 19.2 Å². The molecule has 0 aliphatic carbocycles. The van der Waals surface area contributed by atoms with Crippen LogP contribution in [-0.2, 0) is 6.54 Å². The third kappa shape index (κ3) is 2.45. The summed E-state index contributed by atoms with van der Waals surface area (Å²) in [6.07, 6.45) is 1.48. The summed E-state index contributed by atoms with van der Waals surface area (Å²) in [6.45, 7) is 0.842. The number of aromatic nitrogens is 1. The van der Waals surface area contributed by atoms with Gasteiger partial charge in [0.2, 0.25) is 0 Å². The van der Waals surface area contributed by atoms with Crippen LogP contribution in [0.15, 0.2) is 53.3 Å². The van der Waals surface area contributed by atoms with Crippen molar-refractivity contribution < 1.29 is 4.42 Å². The second kappa shape index (κ2) is 5.25. The van der Waals surface area contributed by atoms with E-state index in [0.29, 0.717) is 0 Å². The number of nitrogens with zero attached hydrogens (tertiary/aromatic N) is 2. The van der Waals surface area contributed by atoms with E-state index in [2.05, 4.69) is 52.6 Å². The van der Waals surface area contributed by atoms with Crippen LogP contribution in [0, 0.1) is 0 Å². The normalized spacial score (nSPS) is 10.7. The molecule has 20 heavy (non-hydrogen) atoms. The summed E-state index contributed by atoms with van der Waals surface area (Å²) in [5.41, 5.74) is 5.21. The minimum absolute atomic E-state index is 0.818. The Morgan fingerprint density at radius 2 is 2.10 bits per heavy atom. The van der Waals surface area contributed by atoms with E-state index in [4.69, 9.17) is 4.42 Å². The lowest BCUT2D eigenvalue weighted by Crippen LogP contribution is -2.16. The van der Waals surface area contributed by atoms with Crippen molar-refractivity contribution in [2.75, 3.05) is 24.3 Å². The summed E-state index contributed by atoms with van der Waals surface area (Å²) in [7, 11) is 4.00. The minimum Gasteiger partial charge on any atom is -0.443 e. The largest absolute Gasteiger partial charge is 0.443 e. The van der Waals surface area contributed by atoms with Crippen LogP contribution in [0.4, 0.5) is 11.4 Å². The zero-order valence-corrected chi connectivity index (χ0v) is 11.6. The molecule has 3 rings (SSSR count). The zero-order valence-electron chi connectivity index (χ0n) is 11.6. The fourth-order valence-corrected chi connectivity index (χ4v) is 2.27. The van der Waals surface area contributed by atoms with Gasteiger partial charge < -0.3 is 14.6 Å². The van der Waals surface area contributed by atoms with Crippen LogP contribution in [-0.4, -0.2) is 19.1 Å². The summed E-state index contributed by atoms with van der Waals surface area (Å²) < 4.78 is 5.35. The van der Waals surface area contributed by atoms with Crippen molar-refractivity contribution in [2.45, 2.75) is 6.54 Å². The molecular weight excluding hydrogens is 250 g/mol. The molecule has 1 aromatic heterocycles. The van der Waals surface area contributed by atoms with Gasteiger partial charge in [-0.2, -0.15) is 0 Å². The minimum atomic E-state index is 0.818. The van der Waals surface area contributed by atoms with E-state index in [1.54, 1.807) is 0 Å². The Kier molecular flexibility index (Phi) is 3.29. The van der Waals surface area contributed by atoms with E-state index in [-0.39, 0.29) is 0 Å². The lowest BCUT2D eigenvalue weighted by atomic mass is 10.1. The predicted octanol–water partition coefficient (Wildman–Crippen LogP) is 3.51. The summed E-state index contributed by atoms with van der Waals surface area (Å²) in [6, 6.07) is 14.5. The number of rotatable bonds is 4. The maximum Gasteiger partial charge on any atom is 0.181 e. The van der Waals surface area contributed by atoms with Gasteiger partial charge in [-0.3, -0.25) is 0 Å². The Labute approximate surface area is 118 Å². The van der Waals surface area contributed by atoms with Crippen molar-refractivity contribution >= 4 is 22.5 Å². The van der Waals surface area contributed by atoms with Gasteiger partial charge in [-0.15, -0.1) is 0 Å². The maximum absolute atomic E-state index is 5.35. The fraction of sp³-hybridized carbons (Fsp3) is 0.188. The van der Waals surface area contributed by atoms with Gasteiger partial charge in [0.1, 0.15) is 5.52 Å². The van der Waals surface area contributed by atoms with Crippen LogP contribution < -0.4 is 10.2 Å². The first-order valence-corrected chi connectivity index (χ1v) is 6.57. The number of oxazole rings is 1. The monoisotopic (exact) mass is 267 g/mol. The van der Waals surface area contributed by atoms with Crippen molar-refractivity contribution in [3.63, 3.8) is 0 Å². The van der Waals surface area contributed by atoms with Crippen LogP contribution in [0.25, 0.3) is 11.1 Å². The van der Waals surface area contributed by atoms with Crippen molar-refractivity contribution in [3.8, 4) is 0 Å². The zero-order chi connectivity index (χ0) is 13.9. The van der Waals surface area contributed by atoms with Gasteiger partial charge in [0, 0.05) is 38.1 Å². The van der Waals surface area contributed by atoms with Crippen molar-refractivity contribution in [1.82, 2.24) is 4.98 Å². The molecule has 0 fully saturated rings. The molecule has 0 saturated heterocycles. The van der Waals surface area contributed by atoms with Gasteiger partial charge in [0.05, 0.1) is 0 Å². The van der Waals surface area contributed by atoms with Crippen LogP contribution in [0.3, 0.4) is 0 Å². The quantitative estimate of drug-likeness (QED) is 0.785. The Balaban J connectivity index is 1.82. The SMILES string of the molecule is CNc1cccc(CN(C)c2ccc3ncoc3c2)c1. The average Bonchev–Trinajstić information content (AvgIpc) is 2.94. The van der Waals surface area contributed by atoms with Crippen molar-refractivity contribution in [2.24, 2.45) is 0 Å². The highest BCUT2D eigenvalue weighted by atomic mass is 16.3. The smallest absolute Gasteiger partial charge is 0.181 e. The summed E-state index contributed by atoms with van der Waals surface area (Å²) in [5, 5.41) is 3.16. The molecular formula is C16H17N3O. The Hall–Kier alpha value is -2.49. The molecule has 0 aliphatic rings. The fourth-order valence-electron chi connectivity index (χ4n) is 2.27.